The van der Waals surface area contributed by atoms with Crippen molar-refractivity contribution in [3.8, 4) is 0 Å². The highest BCUT2D eigenvalue weighted by atomic mass is 16.4. The minimum atomic E-state index is -1.22. The summed E-state index contributed by atoms with van der Waals surface area (Å²) in [4.78, 5) is 21.9. The van der Waals surface area contributed by atoms with Crippen molar-refractivity contribution in [3.05, 3.63) is 0 Å². The number of aliphatic hydroxyl groups excluding tert-OH is 1. The molecule has 1 heterocycles. The first-order valence-corrected chi connectivity index (χ1v) is 4.52. The summed E-state index contributed by atoms with van der Waals surface area (Å²) >= 11 is 0. The fourth-order valence-electron chi connectivity index (χ4n) is 1.37. The van der Waals surface area contributed by atoms with Gasteiger partial charge in [0.1, 0.15) is 6.04 Å². The number of aliphatic hydroxyl groups is 1. The van der Waals surface area contributed by atoms with Gasteiger partial charge >= 0.3 is 5.97 Å². The van der Waals surface area contributed by atoms with Gasteiger partial charge in [-0.3, -0.25) is 4.79 Å². The van der Waals surface area contributed by atoms with E-state index in [1.807, 2.05) is 0 Å². The quantitative estimate of drug-likeness (QED) is 0.435. The highest BCUT2D eigenvalue weighted by molar-refractivity contribution is 5.87. The molecular weight excluding hydrogens is 188 g/mol. The highest BCUT2D eigenvalue weighted by Gasteiger charge is 2.26. The van der Waals surface area contributed by atoms with Crippen LogP contribution >= 0.6 is 0 Å². The summed E-state index contributed by atoms with van der Waals surface area (Å²) in [7, 11) is 0. The number of carboxylic acid groups (broad SMARTS) is 1. The van der Waals surface area contributed by atoms with Gasteiger partial charge < -0.3 is 20.8 Å². The molecule has 2 atom stereocenters. The van der Waals surface area contributed by atoms with E-state index < -0.39 is 18.6 Å². The van der Waals surface area contributed by atoms with Crippen LogP contribution in [-0.2, 0) is 9.59 Å². The van der Waals surface area contributed by atoms with Crippen molar-refractivity contribution < 1.29 is 19.8 Å². The number of hydrogen-bond acceptors (Lipinski definition) is 4. The number of carbonyl (C=O) groups is 2. The maximum Gasteiger partial charge on any atom is 0.328 e. The van der Waals surface area contributed by atoms with Crippen LogP contribution in [-0.4, -0.2) is 47.3 Å². The van der Waals surface area contributed by atoms with E-state index in [0.717, 1.165) is 13.0 Å². The van der Waals surface area contributed by atoms with Crippen LogP contribution < -0.4 is 10.6 Å². The topological polar surface area (TPSA) is 98.7 Å². The second-order valence-corrected chi connectivity index (χ2v) is 3.23. The second kappa shape index (κ2) is 4.92. The molecule has 0 aromatic heterocycles. The molecular formula is C8H14N2O4. The Kier molecular flexibility index (Phi) is 3.84. The molecule has 1 fully saturated rings. The Morgan fingerprint density at radius 1 is 1.57 bits per heavy atom. The predicted molar refractivity (Wildman–Crippen MR) is 47.7 cm³/mol. The molecule has 0 bridgehead atoms. The van der Waals surface area contributed by atoms with Crippen LogP contribution in [0, 0.1) is 0 Å². The van der Waals surface area contributed by atoms with Crippen molar-refractivity contribution in [2.24, 2.45) is 0 Å². The lowest BCUT2D eigenvalue weighted by molar-refractivity contribution is -0.143. The van der Waals surface area contributed by atoms with E-state index in [2.05, 4.69) is 10.6 Å². The molecule has 14 heavy (non-hydrogen) atoms. The van der Waals surface area contributed by atoms with Gasteiger partial charge in [0, 0.05) is 0 Å². The summed E-state index contributed by atoms with van der Waals surface area (Å²) in [6, 6.07) is -1.52. The van der Waals surface area contributed by atoms with E-state index in [1.54, 1.807) is 0 Å². The maximum absolute atomic E-state index is 11.4. The lowest BCUT2D eigenvalue weighted by Gasteiger charge is -2.15. The third kappa shape index (κ3) is 2.68. The summed E-state index contributed by atoms with van der Waals surface area (Å²) in [5.41, 5.74) is 0. The standard InChI is InChI=1S/C8H14N2O4/c11-4-6(8(13)14)10-7(12)5-2-1-3-9-5/h5-6,9,11H,1-4H2,(H,10,12)(H,13,14)/t5-,6+/m1/s1. The van der Waals surface area contributed by atoms with Crippen molar-refractivity contribution in [1.29, 1.82) is 0 Å². The molecule has 4 N–H and O–H groups in total. The first kappa shape index (κ1) is 10.9. The van der Waals surface area contributed by atoms with Gasteiger partial charge in [0.05, 0.1) is 12.6 Å². The van der Waals surface area contributed by atoms with Gasteiger partial charge in [-0.25, -0.2) is 4.79 Å². The van der Waals surface area contributed by atoms with Gasteiger partial charge in [-0.1, -0.05) is 0 Å². The third-order valence-corrected chi connectivity index (χ3v) is 2.17. The monoisotopic (exact) mass is 202 g/mol. The molecule has 1 saturated heterocycles. The predicted octanol–water partition coefficient (Wildman–Crippen LogP) is -1.70. The summed E-state index contributed by atoms with van der Waals surface area (Å²) in [6.07, 6.45) is 1.62. The van der Waals surface area contributed by atoms with Crippen molar-refractivity contribution in [3.63, 3.8) is 0 Å². The molecule has 0 spiro atoms. The number of nitrogens with one attached hydrogen (secondary N) is 2. The van der Waals surface area contributed by atoms with Crippen LogP contribution in [0.25, 0.3) is 0 Å². The zero-order valence-corrected chi connectivity index (χ0v) is 7.69. The van der Waals surface area contributed by atoms with E-state index >= 15 is 0 Å². The summed E-state index contributed by atoms with van der Waals surface area (Å²) in [6.45, 7) is 0.183. The van der Waals surface area contributed by atoms with Crippen LogP contribution in [0.1, 0.15) is 12.8 Å². The molecule has 6 nitrogen and oxygen atoms in total. The van der Waals surface area contributed by atoms with Crippen LogP contribution in [0.15, 0.2) is 0 Å². The minimum absolute atomic E-state index is 0.316. The normalized spacial score (nSPS) is 23.1. The van der Waals surface area contributed by atoms with E-state index in [9.17, 15) is 9.59 Å². The van der Waals surface area contributed by atoms with Crippen molar-refractivity contribution >= 4 is 11.9 Å². The summed E-state index contributed by atoms with van der Waals surface area (Å²) in [5, 5.41) is 22.4. The summed E-state index contributed by atoms with van der Waals surface area (Å²) < 4.78 is 0. The first-order valence-electron chi connectivity index (χ1n) is 4.52. The largest absolute Gasteiger partial charge is 0.480 e. The Morgan fingerprint density at radius 3 is 2.71 bits per heavy atom. The molecule has 0 saturated carbocycles. The number of rotatable bonds is 4. The SMILES string of the molecule is O=C(O)[C@H](CO)NC(=O)[C@H]1CCCN1. The molecule has 80 valence electrons. The van der Waals surface area contributed by atoms with E-state index in [-0.39, 0.29) is 11.9 Å². The zero-order valence-electron chi connectivity index (χ0n) is 7.69. The lowest BCUT2D eigenvalue weighted by Crippen LogP contribution is -2.49. The fraction of sp³-hybridized carbons (Fsp3) is 0.750. The maximum atomic E-state index is 11.4. The van der Waals surface area contributed by atoms with Crippen LogP contribution in [0.4, 0.5) is 0 Å². The van der Waals surface area contributed by atoms with Crippen LogP contribution in [0.5, 0.6) is 0 Å². The smallest absolute Gasteiger partial charge is 0.328 e. The Bertz CT molecular complexity index is 225. The van der Waals surface area contributed by atoms with Gasteiger partial charge in [0.25, 0.3) is 0 Å². The Hall–Kier alpha value is -1.14. The number of amides is 1. The highest BCUT2D eigenvalue weighted by Crippen LogP contribution is 2.04. The average molecular weight is 202 g/mol. The number of aliphatic carboxylic acids is 1. The zero-order chi connectivity index (χ0) is 10.6. The molecule has 0 aromatic rings. The molecule has 0 radical (unpaired) electrons. The molecule has 0 aromatic carbocycles. The molecule has 0 unspecified atom stereocenters. The number of carbonyl (C=O) groups excluding carboxylic acids is 1. The Labute approximate surface area is 81.3 Å². The first-order chi connectivity index (χ1) is 6.65. The molecule has 1 aliphatic heterocycles. The van der Waals surface area contributed by atoms with Crippen LogP contribution in [0.3, 0.4) is 0 Å². The molecule has 1 aliphatic rings. The Morgan fingerprint density at radius 2 is 2.29 bits per heavy atom. The third-order valence-electron chi connectivity index (χ3n) is 2.17. The fourth-order valence-corrected chi connectivity index (χ4v) is 1.37. The van der Waals surface area contributed by atoms with E-state index in [0.29, 0.717) is 6.42 Å². The summed E-state index contributed by atoms with van der Waals surface area (Å²) in [5.74, 6) is -1.58. The van der Waals surface area contributed by atoms with Crippen molar-refractivity contribution in [2.45, 2.75) is 24.9 Å². The Balaban J connectivity index is 2.41. The van der Waals surface area contributed by atoms with Gasteiger partial charge in [-0.15, -0.1) is 0 Å². The molecule has 1 rings (SSSR count). The molecule has 6 heteroatoms. The average Bonchev–Trinajstić information content (AvgIpc) is 2.65. The van der Waals surface area contributed by atoms with Crippen molar-refractivity contribution in [1.82, 2.24) is 10.6 Å². The van der Waals surface area contributed by atoms with Gasteiger partial charge in [-0.2, -0.15) is 0 Å². The van der Waals surface area contributed by atoms with Gasteiger partial charge in [0.2, 0.25) is 5.91 Å². The number of carboxylic acids is 1. The molecule has 0 aliphatic carbocycles. The van der Waals surface area contributed by atoms with Gasteiger partial charge in [-0.05, 0) is 19.4 Å². The van der Waals surface area contributed by atoms with Crippen LogP contribution in [0.2, 0.25) is 0 Å². The number of hydrogen-bond donors (Lipinski definition) is 4. The lowest BCUT2D eigenvalue weighted by atomic mass is 10.2. The molecule has 1 amide bonds. The van der Waals surface area contributed by atoms with Gasteiger partial charge in [0.15, 0.2) is 0 Å². The van der Waals surface area contributed by atoms with E-state index in [4.69, 9.17) is 10.2 Å². The minimum Gasteiger partial charge on any atom is -0.480 e. The van der Waals surface area contributed by atoms with E-state index in [1.165, 1.54) is 0 Å². The second-order valence-electron chi connectivity index (χ2n) is 3.23. The van der Waals surface area contributed by atoms with Crippen molar-refractivity contribution in [2.75, 3.05) is 13.2 Å².